The minimum atomic E-state index is -4.98. The van der Waals surface area contributed by atoms with Gasteiger partial charge in [0, 0.05) is 11.3 Å². The van der Waals surface area contributed by atoms with Crippen molar-refractivity contribution in [3.63, 3.8) is 0 Å². The molecule has 0 radical (unpaired) electrons. The highest BCUT2D eigenvalue weighted by Gasteiger charge is 2.38. The van der Waals surface area contributed by atoms with E-state index in [0.717, 1.165) is 0 Å². The van der Waals surface area contributed by atoms with Crippen molar-refractivity contribution in [3.05, 3.63) is 48.3 Å². The second-order valence-corrected chi connectivity index (χ2v) is 4.66. The highest BCUT2D eigenvalue weighted by atomic mass is 19.4. The zero-order valence-corrected chi connectivity index (χ0v) is 11.3. The van der Waals surface area contributed by atoms with Gasteiger partial charge < -0.3 is 9.73 Å². The molecule has 1 heterocycles. The number of halogens is 4. The fraction of sp³-hybridized carbons (Fsp3) is 0.0667. The van der Waals surface area contributed by atoms with E-state index in [-0.39, 0.29) is 17.1 Å². The van der Waals surface area contributed by atoms with Gasteiger partial charge >= 0.3 is 12.1 Å². The smallest absolute Gasteiger partial charge is 0.436 e. The standard InChI is InChI=1S/C15H8F4N2O2/c16-9-3-1-2-8(6-9)13-21-11-7-10(4-5-12(11)23-13)20-14(22)15(17,18)19/h1-7H,(H,20,22). The van der Waals surface area contributed by atoms with Gasteiger partial charge in [0.25, 0.3) is 0 Å². The van der Waals surface area contributed by atoms with Gasteiger partial charge in [-0.25, -0.2) is 9.37 Å². The van der Waals surface area contributed by atoms with Crippen molar-refractivity contribution in [1.82, 2.24) is 4.98 Å². The quantitative estimate of drug-likeness (QED) is 0.721. The first-order chi connectivity index (χ1) is 10.8. The molecule has 0 saturated heterocycles. The summed E-state index contributed by atoms with van der Waals surface area (Å²) in [5.74, 6) is -2.42. The lowest BCUT2D eigenvalue weighted by molar-refractivity contribution is -0.167. The number of carbonyl (C=O) groups excluding carboxylic acids is 1. The summed E-state index contributed by atoms with van der Waals surface area (Å²) >= 11 is 0. The summed E-state index contributed by atoms with van der Waals surface area (Å²) in [6.45, 7) is 0. The number of alkyl halides is 3. The van der Waals surface area contributed by atoms with Crippen LogP contribution < -0.4 is 5.32 Å². The Labute approximate surface area is 126 Å². The van der Waals surface area contributed by atoms with Gasteiger partial charge in [0.1, 0.15) is 11.3 Å². The van der Waals surface area contributed by atoms with Gasteiger partial charge in [0.2, 0.25) is 5.89 Å². The molecule has 3 rings (SSSR count). The van der Waals surface area contributed by atoms with Crippen LogP contribution in [0.25, 0.3) is 22.6 Å². The second-order valence-electron chi connectivity index (χ2n) is 4.66. The summed E-state index contributed by atoms with van der Waals surface area (Å²) in [7, 11) is 0. The lowest BCUT2D eigenvalue weighted by atomic mass is 10.2. The molecule has 1 aromatic heterocycles. The first-order valence-corrected chi connectivity index (χ1v) is 6.37. The normalized spacial score (nSPS) is 11.7. The topological polar surface area (TPSA) is 55.1 Å². The molecule has 2 aromatic carbocycles. The van der Waals surface area contributed by atoms with E-state index >= 15 is 0 Å². The van der Waals surface area contributed by atoms with Crippen molar-refractivity contribution in [3.8, 4) is 11.5 Å². The lowest BCUT2D eigenvalue weighted by Gasteiger charge is -2.07. The molecule has 0 bridgehead atoms. The van der Waals surface area contributed by atoms with Crippen molar-refractivity contribution in [2.75, 3.05) is 5.32 Å². The molecule has 4 nitrogen and oxygen atoms in total. The Morgan fingerprint density at radius 2 is 1.91 bits per heavy atom. The third-order valence-electron chi connectivity index (χ3n) is 2.97. The Morgan fingerprint density at radius 3 is 2.61 bits per heavy atom. The van der Waals surface area contributed by atoms with Crippen LogP contribution in [0.4, 0.5) is 23.2 Å². The Kier molecular flexibility index (Phi) is 3.51. The van der Waals surface area contributed by atoms with Crippen molar-refractivity contribution in [2.45, 2.75) is 6.18 Å². The molecule has 0 atom stereocenters. The van der Waals surface area contributed by atoms with E-state index in [0.29, 0.717) is 11.1 Å². The van der Waals surface area contributed by atoms with Gasteiger partial charge in [-0.1, -0.05) is 6.07 Å². The van der Waals surface area contributed by atoms with E-state index in [1.807, 2.05) is 0 Å². The molecule has 0 fully saturated rings. The van der Waals surface area contributed by atoms with E-state index < -0.39 is 17.9 Å². The number of benzene rings is 2. The molecule has 0 aliphatic rings. The van der Waals surface area contributed by atoms with Crippen LogP contribution in [0.5, 0.6) is 0 Å². The third-order valence-corrected chi connectivity index (χ3v) is 2.97. The van der Waals surface area contributed by atoms with E-state index in [9.17, 15) is 22.4 Å². The van der Waals surface area contributed by atoms with Crippen LogP contribution in [-0.2, 0) is 4.79 Å². The number of hydrogen-bond donors (Lipinski definition) is 1. The van der Waals surface area contributed by atoms with E-state index in [1.165, 1.54) is 36.4 Å². The average molecular weight is 324 g/mol. The molecule has 8 heteroatoms. The molecule has 0 aliphatic heterocycles. The zero-order chi connectivity index (χ0) is 16.6. The summed E-state index contributed by atoms with van der Waals surface area (Å²) < 4.78 is 55.3. The van der Waals surface area contributed by atoms with Crippen molar-refractivity contribution >= 4 is 22.7 Å². The number of nitrogens with one attached hydrogen (secondary N) is 1. The maximum absolute atomic E-state index is 13.2. The first-order valence-electron chi connectivity index (χ1n) is 6.37. The van der Waals surface area contributed by atoms with Gasteiger partial charge in [-0.2, -0.15) is 13.2 Å². The van der Waals surface area contributed by atoms with E-state index in [1.54, 1.807) is 11.4 Å². The number of rotatable bonds is 2. The molecule has 118 valence electrons. The van der Waals surface area contributed by atoms with E-state index in [2.05, 4.69) is 4.98 Å². The monoisotopic (exact) mass is 324 g/mol. The number of carbonyl (C=O) groups is 1. The number of aromatic nitrogens is 1. The van der Waals surface area contributed by atoms with Crippen LogP contribution in [0.2, 0.25) is 0 Å². The summed E-state index contributed by atoms with van der Waals surface area (Å²) in [5.41, 5.74) is 0.861. The number of nitrogens with zero attached hydrogens (tertiary/aromatic N) is 1. The maximum atomic E-state index is 13.2. The van der Waals surface area contributed by atoms with Crippen LogP contribution >= 0.6 is 0 Å². The van der Waals surface area contributed by atoms with Gasteiger partial charge in [0.05, 0.1) is 0 Å². The number of fused-ring (bicyclic) bond motifs is 1. The molecule has 0 unspecified atom stereocenters. The first kappa shape index (κ1) is 15.0. The van der Waals surface area contributed by atoms with Crippen LogP contribution in [0.15, 0.2) is 46.9 Å². The SMILES string of the molecule is O=C(Nc1ccc2oc(-c3cccc(F)c3)nc2c1)C(F)(F)F. The molecule has 0 spiro atoms. The Hall–Kier alpha value is -2.90. The Morgan fingerprint density at radius 1 is 1.13 bits per heavy atom. The molecule has 0 aliphatic carbocycles. The van der Waals surface area contributed by atoms with Crippen LogP contribution in [-0.4, -0.2) is 17.1 Å². The third kappa shape index (κ3) is 3.15. The summed E-state index contributed by atoms with van der Waals surface area (Å²) in [4.78, 5) is 15.0. The lowest BCUT2D eigenvalue weighted by Crippen LogP contribution is -2.29. The van der Waals surface area contributed by atoms with Crippen LogP contribution in [0, 0.1) is 5.82 Å². The number of amides is 1. The Balaban J connectivity index is 1.94. The fourth-order valence-electron chi connectivity index (χ4n) is 1.95. The van der Waals surface area contributed by atoms with Crippen molar-refractivity contribution in [2.24, 2.45) is 0 Å². The molecular formula is C15H8F4N2O2. The van der Waals surface area contributed by atoms with Gasteiger partial charge in [-0.05, 0) is 36.4 Å². The molecule has 1 amide bonds. The minimum Gasteiger partial charge on any atom is -0.436 e. The molecule has 1 N–H and O–H groups in total. The predicted molar refractivity (Wildman–Crippen MR) is 74.1 cm³/mol. The highest BCUT2D eigenvalue weighted by molar-refractivity contribution is 5.96. The van der Waals surface area contributed by atoms with Crippen molar-refractivity contribution < 1.29 is 26.8 Å². The molecular weight excluding hydrogens is 316 g/mol. The summed E-state index contributed by atoms with van der Waals surface area (Å²) in [6.07, 6.45) is -4.98. The number of hydrogen-bond acceptors (Lipinski definition) is 3. The van der Waals surface area contributed by atoms with Crippen molar-refractivity contribution in [1.29, 1.82) is 0 Å². The molecule has 3 aromatic rings. The van der Waals surface area contributed by atoms with E-state index in [4.69, 9.17) is 4.42 Å². The predicted octanol–water partition coefficient (Wildman–Crippen LogP) is 4.13. The largest absolute Gasteiger partial charge is 0.471 e. The molecule has 0 saturated carbocycles. The van der Waals surface area contributed by atoms with Gasteiger partial charge in [-0.3, -0.25) is 4.79 Å². The second kappa shape index (κ2) is 5.38. The van der Waals surface area contributed by atoms with Gasteiger partial charge in [0.15, 0.2) is 5.58 Å². The summed E-state index contributed by atoms with van der Waals surface area (Å²) in [5, 5.41) is 1.73. The van der Waals surface area contributed by atoms with Crippen LogP contribution in [0.3, 0.4) is 0 Å². The fourth-order valence-corrected chi connectivity index (χ4v) is 1.95. The summed E-state index contributed by atoms with van der Waals surface area (Å²) in [6, 6.07) is 9.41. The Bertz CT molecular complexity index is 887. The number of anilines is 1. The average Bonchev–Trinajstić information content (AvgIpc) is 2.89. The zero-order valence-electron chi connectivity index (χ0n) is 11.3. The maximum Gasteiger partial charge on any atom is 0.471 e. The van der Waals surface area contributed by atoms with Crippen LogP contribution in [0.1, 0.15) is 0 Å². The highest BCUT2D eigenvalue weighted by Crippen LogP contribution is 2.27. The minimum absolute atomic E-state index is 0.0704. The number of oxazole rings is 1. The van der Waals surface area contributed by atoms with Gasteiger partial charge in [-0.15, -0.1) is 0 Å². The molecule has 23 heavy (non-hydrogen) atoms.